The number of sulfone groups is 1. The Morgan fingerprint density at radius 2 is 1.86 bits per heavy atom. The van der Waals surface area contributed by atoms with Crippen molar-refractivity contribution in [1.29, 1.82) is 0 Å². The van der Waals surface area contributed by atoms with Crippen LogP contribution in [-0.4, -0.2) is 80.9 Å². The molecule has 2 fully saturated rings. The molecule has 1 unspecified atom stereocenters. The SMILES string of the molecule is CCCCN(CC(=O)N1CCN(c2ccc(F)cc2)CC1)C1CCS(=O)(=O)C1. The lowest BCUT2D eigenvalue weighted by atomic mass is 10.2. The van der Waals surface area contributed by atoms with E-state index in [1.165, 1.54) is 12.1 Å². The van der Waals surface area contributed by atoms with Crippen molar-refractivity contribution >= 4 is 21.4 Å². The molecule has 0 aliphatic carbocycles. The molecule has 2 saturated heterocycles. The van der Waals surface area contributed by atoms with Crippen molar-refractivity contribution in [2.24, 2.45) is 0 Å². The first-order valence-electron chi connectivity index (χ1n) is 10.1. The molecular formula is C20H30FN3O3S. The highest BCUT2D eigenvalue weighted by Crippen LogP contribution is 2.20. The van der Waals surface area contributed by atoms with Gasteiger partial charge in [-0.25, -0.2) is 12.8 Å². The van der Waals surface area contributed by atoms with Crippen molar-refractivity contribution in [3.05, 3.63) is 30.1 Å². The van der Waals surface area contributed by atoms with E-state index in [-0.39, 0.29) is 35.8 Å². The summed E-state index contributed by atoms with van der Waals surface area (Å²) in [4.78, 5) is 18.9. The second-order valence-corrected chi connectivity index (χ2v) is 9.95. The summed E-state index contributed by atoms with van der Waals surface area (Å²) in [6.45, 7) is 5.82. The van der Waals surface area contributed by atoms with E-state index in [0.29, 0.717) is 32.6 Å². The largest absolute Gasteiger partial charge is 0.368 e. The summed E-state index contributed by atoms with van der Waals surface area (Å²) in [5.41, 5.74) is 0.967. The lowest BCUT2D eigenvalue weighted by Gasteiger charge is -2.37. The average Bonchev–Trinajstić information content (AvgIpc) is 3.05. The normalized spacial score (nSPS) is 22.0. The number of carbonyl (C=O) groups excluding carboxylic acids is 1. The van der Waals surface area contributed by atoms with E-state index < -0.39 is 9.84 Å². The first-order chi connectivity index (χ1) is 13.4. The number of anilines is 1. The van der Waals surface area contributed by atoms with E-state index in [0.717, 1.165) is 25.1 Å². The molecule has 0 N–H and O–H groups in total. The number of hydrogen-bond acceptors (Lipinski definition) is 5. The Morgan fingerprint density at radius 3 is 2.43 bits per heavy atom. The summed E-state index contributed by atoms with van der Waals surface area (Å²) >= 11 is 0. The molecule has 2 aliphatic rings. The third-order valence-corrected chi connectivity index (χ3v) is 7.44. The highest BCUT2D eigenvalue weighted by Gasteiger charge is 2.33. The highest BCUT2D eigenvalue weighted by molar-refractivity contribution is 7.91. The summed E-state index contributed by atoms with van der Waals surface area (Å²) in [6.07, 6.45) is 2.60. The third-order valence-electron chi connectivity index (χ3n) is 5.69. The predicted molar refractivity (Wildman–Crippen MR) is 109 cm³/mol. The minimum atomic E-state index is -2.97. The van der Waals surface area contributed by atoms with Gasteiger partial charge in [0.2, 0.25) is 5.91 Å². The summed E-state index contributed by atoms with van der Waals surface area (Å²) in [5, 5.41) is 0. The number of benzene rings is 1. The fraction of sp³-hybridized carbons (Fsp3) is 0.650. The molecule has 0 bridgehead atoms. The van der Waals surface area contributed by atoms with Gasteiger partial charge in [-0.05, 0) is 43.7 Å². The molecule has 3 rings (SSSR count). The van der Waals surface area contributed by atoms with Gasteiger partial charge in [0.1, 0.15) is 5.82 Å². The number of unbranched alkanes of at least 4 members (excludes halogenated alkanes) is 1. The van der Waals surface area contributed by atoms with Crippen LogP contribution in [0.1, 0.15) is 26.2 Å². The number of carbonyl (C=O) groups is 1. The fourth-order valence-corrected chi connectivity index (χ4v) is 5.72. The Labute approximate surface area is 167 Å². The summed E-state index contributed by atoms with van der Waals surface area (Å²) in [6, 6.07) is 6.39. The molecule has 1 aromatic carbocycles. The van der Waals surface area contributed by atoms with E-state index in [9.17, 15) is 17.6 Å². The monoisotopic (exact) mass is 411 g/mol. The Morgan fingerprint density at radius 1 is 1.18 bits per heavy atom. The molecule has 0 aromatic heterocycles. The number of rotatable bonds is 7. The van der Waals surface area contributed by atoms with Crippen molar-refractivity contribution in [3.8, 4) is 0 Å². The second kappa shape index (κ2) is 9.22. The Balaban J connectivity index is 1.54. The van der Waals surface area contributed by atoms with Crippen LogP contribution in [0.5, 0.6) is 0 Å². The van der Waals surface area contributed by atoms with Crippen LogP contribution < -0.4 is 4.90 Å². The smallest absolute Gasteiger partial charge is 0.236 e. The van der Waals surface area contributed by atoms with Crippen LogP contribution in [0.15, 0.2) is 24.3 Å². The van der Waals surface area contributed by atoms with Gasteiger partial charge in [0.15, 0.2) is 9.84 Å². The van der Waals surface area contributed by atoms with E-state index in [2.05, 4.69) is 16.7 Å². The van der Waals surface area contributed by atoms with E-state index >= 15 is 0 Å². The van der Waals surface area contributed by atoms with Crippen molar-refractivity contribution in [2.45, 2.75) is 32.2 Å². The van der Waals surface area contributed by atoms with Crippen LogP contribution in [0.2, 0.25) is 0 Å². The van der Waals surface area contributed by atoms with E-state index in [4.69, 9.17) is 0 Å². The molecular weight excluding hydrogens is 381 g/mol. The lowest BCUT2D eigenvalue weighted by Crippen LogP contribution is -2.52. The summed E-state index contributed by atoms with van der Waals surface area (Å²) in [5.74, 6) is 0.213. The maximum absolute atomic E-state index is 13.1. The van der Waals surface area contributed by atoms with Crippen LogP contribution in [0, 0.1) is 5.82 Å². The van der Waals surface area contributed by atoms with Gasteiger partial charge in [0.05, 0.1) is 18.1 Å². The van der Waals surface area contributed by atoms with Crippen LogP contribution in [0.4, 0.5) is 10.1 Å². The molecule has 0 radical (unpaired) electrons. The van der Waals surface area contributed by atoms with Crippen molar-refractivity contribution in [2.75, 3.05) is 55.7 Å². The zero-order chi connectivity index (χ0) is 20.1. The second-order valence-electron chi connectivity index (χ2n) is 7.73. The van der Waals surface area contributed by atoms with Crippen molar-refractivity contribution in [1.82, 2.24) is 9.80 Å². The highest BCUT2D eigenvalue weighted by atomic mass is 32.2. The maximum Gasteiger partial charge on any atom is 0.236 e. The van der Waals surface area contributed by atoms with Gasteiger partial charge in [0.25, 0.3) is 0 Å². The number of halogens is 1. The first-order valence-corrected chi connectivity index (χ1v) is 11.9. The standard InChI is InChI=1S/C20H30FN3O3S/c1-2-3-9-24(19-8-14-28(26,27)16-19)15-20(25)23-12-10-22(11-13-23)18-6-4-17(21)5-7-18/h4-7,19H,2-3,8-16H2,1H3. The minimum absolute atomic E-state index is 0.0407. The van der Waals surface area contributed by atoms with Gasteiger partial charge in [0, 0.05) is 37.9 Å². The summed E-state index contributed by atoms with van der Waals surface area (Å²) in [7, 11) is -2.97. The lowest BCUT2D eigenvalue weighted by molar-refractivity contribution is -0.133. The Kier molecular flexibility index (Phi) is 6.93. The van der Waals surface area contributed by atoms with Gasteiger partial charge in [-0.2, -0.15) is 0 Å². The van der Waals surface area contributed by atoms with Crippen LogP contribution in [0.25, 0.3) is 0 Å². The molecule has 0 spiro atoms. The molecule has 1 amide bonds. The fourth-order valence-electron chi connectivity index (χ4n) is 3.95. The van der Waals surface area contributed by atoms with Gasteiger partial charge < -0.3 is 9.80 Å². The minimum Gasteiger partial charge on any atom is -0.368 e. The average molecular weight is 412 g/mol. The summed E-state index contributed by atoms with van der Waals surface area (Å²) < 4.78 is 36.8. The Hall–Kier alpha value is -1.67. The molecule has 6 nitrogen and oxygen atoms in total. The number of amides is 1. The molecule has 2 heterocycles. The topological polar surface area (TPSA) is 60.9 Å². The predicted octanol–water partition coefficient (Wildman–Crippen LogP) is 1.76. The zero-order valence-electron chi connectivity index (χ0n) is 16.5. The van der Waals surface area contributed by atoms with E-state index in [1.54, 1.807) is 12.1 Å². The third kappa shape index (κ3) is 5.44. The Bertz CT molecular complexity index is 761. The van der Waals surface area contributed by atoms with Gasteiger partial charge in [-0.3, -0.25) is 9.69 Å². The van der Waals surface area contributed by atoms with Crippen LogP contribution >= 0.6 is 0 Å². The number of hydrogen-bond donors (Lipinski definition) is 0. The zero-order valence-corrected chi connectivity index (χ0v) is 17.3. The number of nitrogens with zero attached hydrogens (tertiary/aromatic N) is 3. The molecule has 156 valence electrons. The molecule has 1 aromatic rings. The van der Waals surface area contributed by atoms with Crippen LogP contribution in [0.3, 0.4) is 0 Å². The van der Waals surface area contributed by atoms with Gasteiger partial charge >= 0.3 is 0 Å². The maximum atomic E-state index is 13.1. The molecule has 28 heavy (non-hydrogen) atoms. The molecule has 0 saturated carbocycles. The van der Waals surface area contributed by atoms with Crippen molar-refractivity contribution in [3.63, 3.8) is 0 Å². The molecule has 8 heteroatoms. The molecule has 2 aliphatic heterocycles. The first kappa shape index (κ1) is 21.0. The number of piperazine rings is 1. The van der Waals surface area contributed by atoms with Crippen LogP contribution in [-0.2, 0) is 14.6 Å². The molecule has 1 atom stereocenters. The van der Waals surface area contributed by atoms with Gasteiger partial charge in [-0.1, -0.05) is 13.3 Å². The quantitative estimate of drug-likeness (QED) is 0.684. The van der Waals surface area contributed by atoms with Crippen molar-refractivity contribution < 1.29 is 17.6 Å². The van der Waals surface area contributed by atoms with Gasteiger partial charge in [-0.15, -0.1) is 0 Å². The van der Waals surface area contributed by atoms with E-state index in [1.807, 2.05) is 4.90 Å².